The molecule has 0 radical (unpaired) electrons. The van der Waals surface area contributed by atoms with Gasteiger partial charge in [0.15, 0.2) is 5.75 Å². The lowest BCUT2D eigenvalue weighted by molar-refractivity contribution is -0.131. The Kier molecular flexibility index (Phi) is 6.15. The predicted octanol–water partition coefficient (Wildman–Crippen LogP) is 3.60. The zero-order valence-corrected chi connectivity index (χ0v) is 14.4. The van der Waals surface area contributed by atoms with Gasteiger partial charge in [0.05, 0.1) is 31.0 Å². The summed E-state index contributed by atoms with van der Waals surface area (Å²) < 4.78 is 14.3. The molecule has 8 heteroatoms. The summed E-state index contributed by atoms with van der Waals surface area (Å²) in [6.45, 7) is 1.23. The maximum Gasteiger partial charge on any atom is 0.337 e. The molecule has 0 N–H and O–H groups in total. The maximum atomic E-state index is 11.6. The van der Waals surface area contributed by atoms with E-state index in [2.05, 4.69) is 19.7 Å². The van der Waals surface area contributed by atoms with Gasteiger partial charge >= 0.3 is 17.9 Å². The average Bonchev–Trinajstić information content (AvgIpc) is 2.65. The maximum absolute atomic E-state index is 11.6. The second kappa shape index (κ2) is 8.52. The molecular weight excluding hydrogens is 340 g/mol. The van der Waals surface area contributed by atoms with Crippen molar-refractivity contribution >= 4 is 29.3 Å². The molecule has 0 saturated carbocycles. The molecule has 2 rings (SSSR count). The van der Waals surface area contributed by atoms with Gasteiger partial charge in [0, 0.05) is 6.92 Å². The minimum atomic E-state index is -0.569. The van der Waals surface area contributed by atoms with E-state index in [4.69, 9.17) is 4.74 Å². The summed E-state index contributed by atoms with van der Waals surface area (Å²) in [6, 6.07) is 10.6. The number of benzene rings is 2. The molecule has 0 amide bonds. The Hall–Kier alpha value is -3.55. The number of azo groups is 1. The zero-order chi connectivity index (χ0) is 19.1. The molecule has 0 aliphatic heterocycles. The lowest BCUT2D eigenvalue weighted by Gasteiger charge is -2.06. The van der Waals surface area contributed by atoms with E-state index in [1.165, 1.54) is 39.3 Å². The average molecular weight is 356 g/mol. The quantitative estimate of drug-likeness (QED) is 0.460. The van der Waals surface area contributed by atoms with Crippen molar-refractivity contribution in [2.24, 2.45) is 10.2 Å². The lowest BCUT2D eigenvalue weighted by atomic mass is 10.2. The van der Waals surface area contributed by atoms with Crippen molar-refractivity contribution < 1.29 is 28.6 Å². The minimum Gasteiger partial charge on any atom is -0.465 e. The summed E-state index contributed by atoms with van der Waals surface area (Å²) >= 11 is 0. The monoisotopic (exact) mass is 356 g/mol. The normalized spacial score (nSPS) is 10.4. The van der Waals surface area contributed by atoms with Crippen LogP contribution >= 0.6 is 0 Å². The first-order valence-corrected chi connectivity index (χ1v) is 7.45. The van der Waals surface area contributed by atoms with Gasteiger partial charge in [-0.25, -0.2) is 9.59 Å². The Labute approximate surface area is 149 Å². The van der Waals surface area contributed by atoms with Gasteiger partial charge < -0.3 is 14.2 Å². The Bertz CT molecular complexity index is 858. The van der Waals surface area contributed by atoms with E-state index in [1.54, 1.807) is 24.3 Å². The molecule has 134 valence electrons. The van der Waals surface area contributed by atoms with Crippen LogP contribution in [0.15, 0.2) is 52.7 Å². The van der Waals surface area contributed by atoms with Crippen LogP contribution in [0.1, 0.15) is 27.6 Å². The van der Waals surface area contributed by atoms with Crippen molar-refractivity contribution in [3.63, 3.8) is 0 Å². The number of ether oxygens (including phenoxy) is 3. The van der Waals surface area contributed by atoms with E-state index in [1.807, 2.05) is 0 Å². The summed E-state index contributed by atoms with van der Waals surface area (Å²) in [6.07, 6.45) is 0. The highest BCUT2D eigenvalue weighted by Gasteiger charge is 2.12. The van der Waals surface area contributed by atoms with Crippen LogP contribution in [0.4, 0.5) is 11.4 Å². The number of hydrogen-bond donors (Lipinski definition) is 0. The van der Waals surface area contributed by atoms with Gasteiger partial charge in [-0.1, -0.05) is 0 Å². The predicted molar refractivity (Wildman–Crippen MR) is 91.0 cm³/mol. The fourth-order valence-corrected chi connectivity index (χ4v) is 1.97. The molecule has 0 fully saturated rings. The molecule has 8 nitrogen and oxygen atoms in total. The molecule has 0 saturated heterocycles. The first kappa shape index (κ1) is 18.8. The van der Waals surface area contributed by atoms with E-state index in [-0.39, 0.29) is 17.0 Å². The molecule has 2 aromatic carbocycles. The van der Waals surface area contributed by atoms with E-state index in [0.717, 1.165) is 0 Å². The Morgan fingerprint density at radius 3 is 1.96 bits per heavy atom. The topological polar surface area (TPSA) is 104 Å². The van der Waals surface area contributed by atoms with E-state index < -0.39 is 17.9 Å². The Morgan fingerprint density at radius 1 is 0.808 bits per heavy atom. The van der Waals surface area contributed by atoms with Crippen LogP contribution < -0.4 is 4.74 Å². The van der Waals surface area contributed by atoms with Crippen LogP contribution in [0, 0.1) is 0 Å². The summed E-state index contributed by atoms with van der Waals surface area (Å²) in [5.74, 6) is -1.51. The molecule has 0 spiro atoms. The van der Waals surface area contributed by atoms with Crippen LogP contribution in [-0.2, 0) is 14.3 Å². The SMILES string of the molecule is COC(=O)c1ccc(N=Nc2ccc(C(=O)OC)cc2OC(C)=O)cc1. The third-order valence-corrected chi connectivity index (χ3v) is 3.20. The molecule has 0 aliphatic rings. The van der Waals surface area contributed by atoms with Gasteiger partial charge in [0.1, 0.15) is 5.69 Å². The van der Waals surface area contributed by atoms with Crippen LogP contribution in [0.3, 0.4) is 0 Å². The van der Waals surface area contributed by atoms with Crippen molar-refractivity contribution in [3.8, 4) is 5.75 Å². The molecule has 0 heterocycles. The van der Waals surface area contributed by atoms with Gasteiger partial charge in [0.25, 0.3) is 0 Å². The number of carbonyl (C=O) groups excluding carboxylic acids is 3. The molecule has 0 aromatic heterocycles. The summed E-state index contributed by atoms with van der Waals surface area (Å²) in [5, 5.41) is 8.06. The Morgan fingerprint density at radius 2 is 1.38 bits per heavy atom. The number of hydrogen-bond acceptors (Lipinski definition) is 8. The van der Waals surface area contributed by atoms with E-state index >= 15 is 0 Å². The van der Waals surface area contributed by atoms with Crippen LogP contribution in [-0.4, -0.2) is 32.1 Å². The van der Waals surface area contributed by atoms with Crippen LogP contribution in [0.25, 0.3) is 0 Å². The van der Waals surface area contributed by atoms with E-state index in [9.17, 15) is 14.4 Å². The molecular formula is C18H16N2O6. The molecule has 0 bridgehead atoms. The summed E-state index contributed by atoms with van der Waals surface area (Å²) in [5.41, 5.74) is 1.33. The second-order valence-electron chi connectivity index (χ2n) is 5.01. The first-order chi connectivity index (χ1) is 12.4. The zero-order valence-electron chi connectivity index (χ0n) is 14.4. The molecule has 0 atom stereocenters. The first-order valence-electron chi connectivity index (χ1n) is 7.45. The fraction of sp³-hybridized carbons (Fsp3) is 0.167. The minimum absolute atomic E-state index is 0.0790. The van der Waals surface area contributed by atoms with Crippen molar-refractivity contribution in [2.75, 3.05) is 14.2 Å². The highest BCUT2D eigenvalue weighted by molar-refractivity contribution is 5.91. The third-order valence-electron chi connectivity index (χ3n) is 3.20. The smallest absolute Gasteiger partial charge is 0.337 e. The van der Waals surface area contributed by atoms with Crippen molar-refractivity contribution in [1.82, 2.24) is 0 Å². The number of rotatable bonds is 5. The molecule has 0 unspecified atom stereocenters. The Balaban J connectivity index is 2.29. The molecule has 2 aromatic rings. The fourth-order valence-electron chi connectivity index (χ4n) is 1.97. The van der Waals surface area contributed by atoms with Crippen LogP contribution in [0.2, 0.25) is 0 Å². The largest absolute Gasteiger partial charge is 0.465 e. The summed E-state index contributed by atoms with van der Waals surface area (Å²) in [4.78, 5) is 34.3. The number of esters is 3. The third kappa shape index (κ3) is 4.73. The standard InChI is InChI=1S/C18H16N2O6/c1-11(21)26-16-10-13(18(23)25-3)6-9-15(16)20-19-14-7-4-12(5-8-14)17(22)24-2/h4-10H,1-3H3. The van der Waals surface area contributed by atoms with E-state index in [0.29, 0.717) is 11.3 Å². The van der Waals surface area contributed by atoms with Crippen molar-refractivity contribution in [3.05, 3.63) is 53.6 Å². The van der Waals surface area contributed by atoms with Crippen molar-refractivity contribution in [1.29, 1.82) is 0 Å². The number of nitrogens with zero attached hydrogens (tertiary/aromatic N) is 2. The number of methoxy groups -OCH3 is 2. The van der Waals surface area contributed by atoms with Gasteiger partial charge in [-0.15, -0.1) is 5.11 Å². The highest BCUT2D eigenvalue weighted by atomic mass is 16.5. The summed E-state index contributed by atoms with van der Waals surface area (Å²) in [7, 11) is 2.55. The molecule has 0 aliphatic carbocycles. The highest BCUT2D eigenvalue weighted by Crippen LogP contribution is 2.31. The van der Waals surface area contributed by atoms with Gasteiger partial charge in [0.2, 0.25) is 0 Å². The van der Waals surface area contributed by atoms with Crippen molar-refractivity contribution in [2.45, 2.75) is 6.92 Å². The van der Waals surface area contributed by atoms with Crippen LogP contribution in [0.5, 0.6) is 5.75 Å². The van der Waals surface area contributed by atoms with Gasteiger partial charge in [-0.3, -0.25) is 4.79 Å². The van der Waals surface area contributed by atoms with Gasteiger partial charge in [-0.2, -0.15) is 5.11 Å². The van der Waals surface area contributed by atoms with Gasteiger partial charge in [-0.05, 0) is 42.5 Å². The second-order valence-corrected chi connectivity index (χ2v) is 5.01. The number of carbonyl (C=O) groups is 3. The molecule has 26 heavy (non-hydrogen) atoms. The lowest BCUT2D eigenvalue weighted by Crippen LogP contribution is -2.05.